The lowest BCUT2D eigenvalue weighted by molar-refractivity contribution is 0.0955. The van der Waals surface area contributed by atoms with E-state index in [1.807, 2.05) is 18.2 Å². The Balaban J connectivity index is 1.46. The Morgan fingerprint density at radius 1 is 0.829 bits per heavy atom. The molecule has 1 fully saturated rings. The molecular formula is C31H37N3O6S. The van der Waals surface area contributed by atoms with Crippen LogP contribution in [-0.4, -0.2) is 58.4 Å². The Kier molecular flexibility index (Phi) is 10.0. The van der Waals surface area contributed by atoms with Crippen LogP contribution in [0.3, 0.4) is 0 Å². The Labute approximate surface area is 241 Å². The first kappa shape index (κ1) is 30.1. The first-order valence-electron chi connectivity index (χ1n) is 13.7. The number of sulfonamides is 1. The van der Waals surface area contributed by atoms with Gasteiger partial charge in [0.1, 0.15) is 0 Å². The summed E-state index contributed by atoms with van der Waals surface area (Å²) in [5.74, 6) is 0.421. The summed E-state index contributed by atoms with van der Waals surface area (Å²) in [7, 11) is -0.575. The molecule has 9 nitrogen and oxygen atoms in total. The van der Waals surface area contributed by atoms with E-state index in [-0.39, 0.29) is 16.4 Å². The topological polar surface area (TPSA) is 114 Å². The van der Waals surface area contributed by atoms with Gasteiger partial charge in [0.25, 0.3) is 11.8 Å². The van der Waals surface area contributed by atoms with E-state index in [0.29, 0.717) is 54.4 Å². The number of carbonyl (C=O) groups is 2. The fraction of sp³-hybridized carbons (Fsp3) is 0.355. The summed E-state index contributed by atoms with van der Waals surface area (Å²) >= 11 is 0. The third-order valence-electron chi connectivity index (χ3n) is 7.22. The number of hydrogen-bond donors (Lipinski definition) is 2. The highest BCUT2D eigenvalue weighted by Crippen LogP contribution is 2.28. The molecule has 4 rings (SSSR count). The van der Waals surface area contributed by atoms with Crippen molar-refractivity contribution in [3.63, 3.8) is 0 Å². The minimum atomic E-state index is -3.72. The number of para-hydroxylation sites is 1. The van der Waals surface area contributed by atoms with Crippen molar-refractivity contribution in [3.05, 3.63) is 82.9 Å². The fourth-order valence-electron chi connectivity index (χ4n) is 4.87. The number of hydrogen-bond acceptors (Lipinski definition) is 6. The number of nitrogens with zero attached hydrogens (tertiary/aromatic N) is 1. The number of benzene rings is 3. The monoisotopic (exact) mass is 579 g/mol. The van der Waals surface area contributed by atoms with E-state index >= 15 is 0 Å². The maximum absolute atomic E-state index is 13.4. The molecule has 0 aromatic heterocycles. The van der Waals surface area contributed by atoms with Crippen LogP contribution in [0.2, 0.25) is 0 Å². The van der Waals surface area contributed by atoms with E-state index in [4.69, 9.17) is 9.47 Å². The second kappa shape index (κ2) is 13.6. The van der Waals surface area contributed by atoms with Gasteiger partial charge in [-0.25, -0.2) is 8.42 Å². The van der Waals surface area contributed by atoms with Gasteiger partial charge in [-0.05, 0) is 73.7 Å². The molecule has 0 unspecified atom stereocenters. The number of amides is 2. The summed E-state index contributed by atoms with van der Waals surface area (Å²) in [4.78, 5) is 26.5. The molecule has 218 valence electrons. The van der Waals surface area contributed by atoms with Crippen molar-refractivity contribution in [1.82, 2.24) is 9.62 Å². The van der Waals surface area contributed by atoms with Gasteiger partial charge < -0.3 is 20.1 Å². The summed E-state index contributed by atoms with van der Waals surface area (Å²) < 4.78 is 38.8. The highest BCUT2D eigenvalue weighted by molar-refractivity contribution is 7.89. The van der Waals surface area contributed by atoms with Gasteiger partial charge in [0.05, 0.1) is 30.4 Å². The molecule has 1 saturated heterocycles. The van der Waals surface area contributed by atoms with Crippen molar-refractivity contribution >= 4 is 27.5 Å². The number of nitrogens with one attached hydrogen (secondary N) is 2. The zero-order valence-electron chi connectivity index (χ0n) is 23.7. The molecule has 2 amide bonds. The van der Waals surface area contributed by atoms with Gasteiger partial charge in [0.2, 0.25) is 10.0 Å². The van der Waals surface area contributed by atoms with Crippen molar-refractivity contribution < 1.29 is 27.5 Å². The molecule has 1 aliphatic rings. The number of ether oxygens (including phenoxy) is 2. The zero-order valence-corrected chi connectivity index (χ0v) is 24.6. The van der Waals surface area contributed by atoms with Crippen LogP contribution in [0.5, 0.6) is 11.5 Å². The second-order valence-electron chi connectivity index (χ2n) is 9.99. The molecule has 0 aliphatic carbocycles. The lowest BCUT2D eigenvalue weighted by Gasteiger charge is -2.20. The molecule has 41 heavy (non-hydrogen) atoms. The standard InChI is InChI=1S/C31H37N3O6S/c1-22-12-14-24(41(37,38)34-18-8-4-5-9-19-34)21-26(22)31(36)33-27-11-7-6-10-25(27)30(35)32-17-16-23-13-15-28(39-2)29(20-23)40-3/h6-7,10-15,20-21H,4-5,8-9,16-19H2,1-3H3,(H,32,35)(H,33,36). The zero-order chi connectivity index (χ0) is 29.4. The van der Waals surface area contributed by atoms with Crippen molar-refractivity contribution in [1.29, 1.82) is 0 Å². The van der Waals surface area contributed by atoms with Gasteiger partial charge in [-0.3, -0.25) is 9.59 Å². The van der Waals surface area contributed by atoms with Crippen LogP contribution in [-0.2, 0) is 16.4 Å². The number of methoxy groups -OCH3 is 2. The van der Waals surface area contributed by atoms with E-state index in [9.17, 15) is 18.0 Å². The van der Waals surface area contributed by atoms with E-state index in [1.165, 1.54) is 10.4 Å². The van der Waals surface area contributed by atoms with Crippen LogP contribution >= 0.6 is 0 Å². The van der Waals surface area contributed by atoms with Crippen LogP contribution in [0.25, 0.3) is 0 Å². The third kappa shape index (κ3) is 7.25. The molecule has 3 aromatic carbocycles. The van der Waals surface area contributed by atoms with Crippen molar-refractivity contribution in [2.75, 3.05) is 39.2 Å². The largest absolute Gasteiger partial charge is 0.493 e. The van der Waals surface area contributed by atoms with Gasteiger partial charge >= 0.3 is 0 Å². The Morgan fingerprint density at radius 3 is 2.24 bits per heavy atom. The highest BCUT2D eigenvalue weighted by atomic mass is 32.2. The normalized spacial score (nSPS) is 14.1. The SMILES string of the molecule is COc1ccc(CCNC(=O)c2ccccc2NC(=O)c2cc(S(=O)(=O)N3CCCCCC3)ccc2C)cc1OC. The smallest absolute Gasteiger partial charge is 0.255 e. The summed E-state index contributed by atoms with van der Waals surface area (Å²) in [5.41, 5.74) is 2.48. The molecule has 1 heterocycles. The van der Waals surface area contributed by atoms with Gasteiger partial charge in [-0.15, -0.1) is 0 Å². The molecule has 3 aromatic rings. The third-order valence-corrected chi connectivity index (χ3v) is 9.12. The number of carbonyl (C=O) groups excluding carboxylic acids is 2. The van der Waals surface area contributed by atoms with Crippen molar-refractivity contribution in [2.24, 2.45) is 0 Å². The maximum Gasteiger partial charge on any atom is 0.255 e. The Bertz CT molecular complexity index is 1500. The van der Waals surface area contributed by atoms with Crippen molar-refractivity contribution in [3.8, 4) is 11.5 Å². The molecule has 10 heteroatoms. The minimum Gasteiger partial charge on any atom is -0.493 e. The summed E-state index contributed by atoms with van der Waals surface area (Å²) in [6, 6.07) is 16.9. The number of rotatable bonds is 10. The predicted octanol–water partition coefficient (Wildman–Crippen LogP) is 4.80. The average Bonchev–Trinajstić information content (AvgIpc) is 3.28. The van der Waals surface area contributed by atoms with Crippen LogP contribution in [0.15, 0.2) is 65.6 Å². The molecule has 1 aliphatic heterocycles. The van der Waals surface area contributed by atoms with Gasteiger partial charge in [0.15, 0.2) is 11.5 Å². The molecule has 0 bridgehead atoms. The maximum atomic E-state index is 13.4. The van der Waals surface area contributed by atoms with E-state index < -0.39 is 15.9 Å². The quantitative estimate of drug-likeness (QED) is 0.357. The van der Waals surface area contributed by atoms with E-state index in [2.05, 4.69) is 10.6 Å². The first-order chi connectivity index (χ1) is 19.7. The minimum absolute atomic E-state index is 0.0938. The number of anilines is 1. The Morgan fingerprint density at radius 2 is 1.54 bits per heavy atom. The highest BCUT2D eigenvalue weighted by Gasteiger charge is 2.26. The fourth-order valence-corrected chi connectivity index (χ4v) is 6.41. The summed E-state index contributed by atoms with van der Waals surface area (Å²) in [5, 5.41) is 5.72. The van der Waals surface area contributed by atoms with Crippen LogP contribution in [0.1, 0.15) is 57.5 Å². The molecule has 0 atom stereocenters. The summed E-state index contributed by atoms with van der Waals surface area (Å²) in [6.07, 6.45) is 4.24. The lowest BCUT2D eigenvalue weighted by Crippen LogP contribution is -2.32. The predicted molar refractivity (Wildman–Crippen MR) is 158 cm³/mol. The van der Waals surface area contributed by atoms with Crippen LogP contribution in [0.4, 0.5) is 5.69 Å². The number of aryl methyl sites for hydroxylation is 1. The molecule has 2 N–H and O–H groups in total. The lowest BCUT2D eigenvalue weighted by atomic mass is 10.1. The van der Waals surface area contributed by atoms with Gasteiger partial charge in [-0.2, -0.15) is 4.31 Å². The van der Waals surface area contributed by atoms with Gasteiger partial charge in [-0.1, -0.05) is 37.1 Å². The average molecular weight is 580 g/mol. The van der Waals surface area contributed by atoms with Crippen LogP contribution in [0, 0.1) is 6.92 Å². The first-order valence-corrected chi connectivity index (χ1v) is 15.2. The van der Waals surface area contributed by atoms with Gasteiger partial charge in [0, 0.05) is 25.2 Å². The summed E-state index contributed by atoms with van der Waals surface area (Å²) in [6.45, 7) is 3.08. The van der Waals surface area contributed by atoms with E-state index in [0.717, 1.165) is 31.2 Å². The molecule has 0 spiro atoms. The molecular weight excluding hydrogens is 542 g/mol. The second-order valence-corrected chi connectivity index (χ2v) is 11.9. The Hall–Kier alpha value is -3.89. The van der Waals surface area contributed by atoms with E-state index in [1.54, 1.807) is 57.5 Å². The molecule has 0 saturated carbocycles. The van der Waals surface area contributed by atoms with Crippen molar-refractivity contribution in [2.45, 2.75) is 43.9 Å². The van der Waals surface area contributed by atoms with Crippen LogP contribution < -0.4 is 20.1 Å². The molecule has 0 radical (unpaired) electrons.